The molecule has 0 bridgehead atoms. The summed E-state index contributed by atoms with van der Waals surface area (Å²) in [5.41, 5.74) is 1.55. The van der Waals surface area contributed by atoms with Crippen LogP contribution in [0.3, 0.4) is 0 Å². The molecule has 142 valence electrons. The molecule has 2 N–H and O–H groups in total. The van der Waals surface area contributed by atoms with Crippen LogP contribution in [0.4, 0.5) is 0 Å². The number of aliphatic hydroxyl groups is 1. The number of sulfonamides is 1. The van der Waals surface area contributed by atoms with Gasteiger partial charge in [-0.25, -0.2) is 13.1 Å². The Kier molecular flexibility index (Phi) is 5.79. The summed E-state index contributed by atoms with van der Waals surface area (Å²) in [7, 11) is -2.10. The number of methoxy groups -OCH3 is 1. The topological polar surface area (TPSA) is 75.6 Å². The molecule has 0 amide bonds. The third-order valence-corrected chi connectivity index (χ3v) is 6.03. The van der Waals surface area contributed by atoms with Crippen molar-refractivity contribution >= 4 is 20.8 Å². The van der Waals surface area contributed by atoms with E-state index in [4.69, 9.17) is 4.74 Å². The van der Waals surface area contributed by atoms with Crippen LogP contribution in [0.1, 0.15) is 23.7 Å². The van der Waals surface area contributed by atoms with Crippen LogP contribution in [0.25, 0.3) is 10.8 Å². The van der Waals surface area contributed by atoms with Crippen molar-refractivity contribution in [1.29, 1.82) is 0 Å². The van der Waals surface area contributed by atoms with Crippen molar-refractivity contribution in [3.05, 3.63) is 71.8 Å². The summed E-state index contributed by atoms with van der Waals surface area (Å²) in [6.07, 6.45) is -0.473. The molecule has 6 heteroatoms. The molecule has 27 heavy (non-hydrogen) atoms. The standard InChI is InChI=1S/C21H23NO4S/c1-15-14-17(10-11-21(15)26-2)27(24,25)22-13-12-20(23)19-9-5-7-16-6-3-4-8-18(16)19/h3-11,14,20,22-23H,12-13H2,1-2H3. The molecule has 3 aromatic rings. The van der Waals surface area contributed by atoms with Crippen LogP contribution in [0, 0.1) is 6.92 Å². The first-order valence-electron chi connectivity index (χ1n) is 8.72. The van der Waals surface area contributed by atoms with Gasteiger partial charge in [-0.05, 0) is 53.4 Å². The van der Waals surface area contributed by atoms with Crippen LogP contribution >= 0.6 is 0 Å². The summed E-state index contributed by atoms with van der Waals surface area (Å²) in [4.78, 5) is 0.181. The third-order valence-electron chi connectivity index (χ3n) is 4.57. The van der Waals surface area contributed by atoms with Crippen molar-refractivity contribution in [3.8, 4) is 5.75 Å². The average Bonchev–Trinajstić information content (AvgIpc) is 2.67. The van der Waals surface area contributed by atoms with Gasteiger partial charge in [0.15, 0.2) is 0 Å². The monoisotopic (exact) mass is 385 g/mol. The Labute approximate surface area is 159 Å². The van der Waals surface area contributed by atoms with Crippen molar-refractivity contribution in [3.63, 3.8) is 0 Å². The largest absolute Gasteiger partial charge is 0.496 e. The van der Waals surface area contributed by atoms with Gasteiger partial charge in [0, 0.05) is 6.54 Å². The molecule has 3 aromatic carbocycles. The van der Waals surface area contributed by atoms with Gasteiger partial charge in [-0.3, -0.25) is 0 Å². The molecule has 0 saturated heterocycles. The summed E-state index contributed by atoms with van der Waals surface area (Å²) < 4.78 is 32.7. The van der Waals surface area contributed by atoms with Gasteiger partial charge in [0.2, 0.25) is 10.0 Å². The number of aryl methyl sites for hydroxylation is 1. The van der Waals surface area contributed by atoms with Gasteiger partial charge in [-0.1, -0.05) is 42.5 Å². The molecule has 3 rings (SSSR count). The zero-order valence-corrected chi connectivity index (χ0v) is 16.2. The summed E-state index contributed by atoms with van der Waals surface area (Å²) in [6.45, 7) is 1.93. The van der Waals surface area contributed by atoms with Crippen LogP contribution in [0.15, 0.2) is 65.6 Å². The molecule has 1 atom stereocenters. The molecule has 0 spiro atoms. The van der Waals surface area contributed by atoms with E-state index in [1.165, 1.54) is 6.07 Å². The Bertz CT molecular complexity index is 1040. The van der Waals surface area contributed by atoms with Gasteiger partial charge in [0.1, 0.15) is 5.75 Å². The van der Waals surface area contributed by atoms with Gasteiger partial charge in [-0.2, -0.15) is 0 Å². The molecule has 1 unspecified atom stereocenters. The Morgan fingerprint density at radius 3 is 2.56 bits per heavy atom. The van der Waals surface area contributed by atoms with E-state index in [2.05, 4.69) is 4.72 Å². The highest BCUT2D eigenvalue weighted by Crippen LogP contribution is 2.26. The zero-order chi connectivity index (χ0) is 19.4. The molecule has 0 aromatic heterocycles. The second-order valence-corrected chi connectivity index (χ2v) is 8.17. The van der Waals surface area contributed by atoms with Crippen LogP contribution in [0.5, 0.6) is 5.75 Å². The number of hydrogen-bond donors (Lipinski definition) is 2. The van der Waals surface area contributed by atoms with Crippen LogP contribution < -0.4 is 9.46 Å². The second-order valence-electron chi connectivity index (χ2n) is 6.40. The fourth-order valence-corrected chi connectivity index (χ4v) is 4.26. The van der Waals surface area contributed by atoms with Gasteiger partial charge in [0.25, 0.3) is 0 Å². The fraction of sp³-hybridized carbons (Fsp3) is 0.238. The van der Waals surface area contributed by atoms with Crippen molar-refractivity contribution < 1.29 is 18.3 Å². The second kappa shape index (κ2) is 8.08. The maximum Gasteiger partial charge on any atom is 0.240 e. The molecule has 0 aliphatic carbocycles. The lowest BCUT2D eigenvalue weighted by atomic mass is 9.99. The highest BCUT2D eigenvalue weighted by atomic mass is 32.2. The van der Waals surface area contributed by atoms with E-state index in [0.717, 1.165) is 21.9 Å². The van der Waals surface area contributed by atoms with Crippen molar-refractivity contribution in [2.75, 3.05) is 13.7 Å². The lowest BCUT2D eigenvalue weighted by Gasteiger charge is -2.15. The zero-order valence-electron chi connectivity index (χ0n) is 15.3. The number of aliphatic hydroxyl groups excluding tert-OH is 1. The molecule has 0 heterocycles. The van der Waals surface area contributed by atoms with Gasteiger partial charge in [0.05, 0.1) is 18.1 Å². The van der Waals surface area contributed by atoms with E-state index < -0.39 is 16.1 Å². The molecule has 0 fully saturated rings. The third kappa shape index (κ3) is 4.30. The predicted molar refractivity (Wildman–Crippen MR) is 106 cm³/mol. The number of nitrogens with one attached hydrogen (secondary N) is 1. The lowest BCUT2D eigenvalue weighted by Crippen LogP contribution is -2.26. The molecular formula is C21H23NO4S. The fourth-order valence-electron chi connectivity index (χ4n) is 3.13. The maximum atomic E-state index is 12.5. The van der Waals surface area contributed by atoms with Gasteiger partial charge >= 0.3 is 0 Å². The molecule has 0 aliphatic rings. The Balaban J connectivity index is 1.69. The van der Waals surface area contributed by atoms with Crippen LogP contribution in [-0.4, -0.2) is 27.2 Å². The number of benzene rings is 3. The summed E-state index contributed by atoms with van der Waals surface area (Å²) >= 11 is 0. The average molecular weight is 385 g/mol. The van der Waals surface area contributed by atoms with Crippen molar-refractivity contribution in [2.45, 2.75) is 24.3 Å². The van der Waals surface area contributed by atoms with E-state index in [0.29, 0.717) is 5.75 Å². The van der Waals surface area contributed by atoms with E-state index in [1.54, 1.807) is 26.2 Å². The highest BCUT2D eigenvalue weighted by molar-refractivity contribution is 7.89. The van der Waals surface area contributed by atoms with Gasteiger partial charge < -0.3 is 9.84 Å². The minimum absolute atomic E-state index is 0.137. The molecule has 0 aliphatic heterocycles. The summed E-state index contributed by atoms with van der Waals surface area (Å²) in [5, 5.41) is 12.6. The van der Waals surface area contributed by atoms with E-state index in [-0.39, 0.29) is 17.9 Å². The number of fused-ring (bicyclic) bond motifs is 1. The Hall–Kier alpha value is -2.41. The molecule has 5 nitrogen and oxygen atoms in total. The SMILES string of the molecule is COc1ccc(S(=O)(=O)NCCC(O)c2cccc3ccccc23)cc1C. The lowest BCUT2D eigenvalue weighted by molar-refractivity contribution is 0.170. The van der Waals surface area contributed by atoms with E-state index in [9.17, 15) is 13.5 Å². The van der Waals surface area contributed by atoms with E-state index >= 15 is 0 Å². The first-order chi connectivity index (χ1) is 12.9. The summed E-state index contributed by atoms with van der Waals surface area (Å²) in [5.74, 6) is 0.639. The number of ether oxygens (including phenoxy) is 1. The first kappa shape index (κ1) is 19.4. The molecular weight excluding hydrogens is 362 g/mol. The maximum absolute atomic E-state index is 12.5. The number of hydrogen-bond acceptors (Lipinski definition) is 4. The smallest absolute Gasteiger partial charge is 0.240 e. The van der Waals surface area contributed by atoms with Crippen LogP contribution in [-0.2, 0) is 10.0 Å². The minimum Gasteiger partial charge on any atom is -0.496 e. The molecule has 0 radical (unpaired) electrons. The minimum atomic E-state index is -3.64. The van der Waals surface area contributed by atoms with Crippen molar-refractivity contribution in [2.24, 2.45) is 0 Å². The molecule has 0 saturated carbocycles. The van der Waals surface area contributed by atoms with Gasteiger partial charge in [-0.15, -0.1) is 0 Å². The Morgan fingerprint density at radius 1 is 1.07 bits per heavy atom. The quantitative estimate of drug-likeness (QED) is 0.652. The summed E-state index contributed by atoms with van der Waals surface area (Å²) in [6, 6.07) is 18.3. The Morgan fingerprint density at radius 2 is 1.81 bits per heavy atom. The van der Waals surface area contributed by atoms with E-state index in [1.807, 2.05) is 42.5 Å². The first-order valence-corrected chi connectivity index (χ1v) is 10.2. The van der Waals surface area contributed by atoms with Crippen LogP contribution in [0.2, 0.25) is 0 Å². The predicted octanol–water partition coefficient (Wildman–Crippen LogP) is 3.56. The normalized spacial score (nSPS) is 12.9. The highest BCUT2D eigenvalue weighted by Gasteiger charge is 2.17. The van der Waals surface area contributed by atoms with Crippen molar-refractivity contribution in [1.82, 2.24) is 4.72 Å². The number of rotatable bonds is 7.